The van der Waals surface area contributed by atoms with E-state index in [0.717, 1.165) is 30.5 Å². The number of hydrogen-bond acceptors (Lipinski definition) is 4. The van der Waals surface area contributed by atoms with Crippen LogP contribution in [0.2, 0.25) is 0 Å². The van der Waals surface area contributed by atoms with Crippen molar-refractivity contribution in [3.8, 4) is 5.69 Å². The number of para-hydroxylation sites is 1. The quantitative estimate of drug-likeness (QED) is 0.750. The highest BCUT2D eigenvalue weighted by atomic mass is 19.1. The van der Waals surface area contributed by atoms with E-state index >= 15 is 0 Å². The zero-order chi connectivity index (χ0) is 19.9. The van der Waals surface area contributed by atoms with Gasteiger partial charge in [0.15, 0.2) is 5.69 Å². The first kappa shape index (κ1) is 18.3. The van der Waals surface area contributed by atoms with Gasteiger partial charge in [0.05, 0.1) is 18.1 Å². The minimum atomic E-state index is -0.363. The van der Waals surface area contributed by atoms with Crippen LogP contribution in [0.4, 0.5) is 10.1 Å². The van der Waals surface area contributed by atoms with Crippen molar-refractivity contribution in [2.75, 3.05) is 5.32 Å². The number of carbonyl (C=O) groups is 1. The van der Waals surface area contributed by atoms with Crippen LogP contribution in [0.1, 0.15) is 54.8 Å². The molecule has 2 heterocycles. The molecule has 0 saturated carbocycles. The first-order valence-corrected chi connectivity index (χ1v) is 9.34. The van der Waals surface area contributed by atoms with Crippen LogP contribution in [0, 0.1) is 5.82 Å². The molecule has 1 aromatic carbocycles. The lowest BCUT2D eigenvalue weighted by atomic mass is 9.96. The fourth-order valence-electron chi connectivity index (χ4n) is 3.41. The lowest BCUT2D eigenvalue weighted by Crippen LogP contribution is -2.18. The fraction of sp³-hybridized carbons (Fsp3) is 0.333. The van der Waals surface area contributed by atoms with Crippen molar-refractivity contribution >= 4 is 11.6 Å². The molecule has 3 aromatic rings. The second-order valence-electron chi connectivity index (χ2n) is 7.99. The molecule has 1 N–H and O–H groups in total. The number of nitrogens with one attached hydrogen (secondary N) is 1. The molecule has 0 spiro atoms. The Morgan fingerprint density at radius 3 is 2.54 bits per heavy atom. The monoisotopic (exact) mass is 379 g/mol. The third-order valence-electron chi connectivity index (χ3n) is 4.81. The van der Waals surface area contributed by atoms with Gasteiger partial charge in [-0.3, -0.25) is 4.79 Å². The van der Waals surface area contributed by atoms with Gasteiger partial charge in [0.2, 0.25) is 0 Å². The Kier molecular flexibility index (Phi) is 4.45. The number of carbonyl (C=O) groups excluding carboxylic acids is 1. The third-order valence-corrected chi connectivity index (χ3v) is 4.81. The van der Waals surface area contributed by atoms with E-state index in [2.05, 4.69) is 20.4 Å². The van der Waals surface area contributed by atoms with Crippen molar-refractivity contribution in [3.63, 3.8) is 0 Å². The summed E-state index contributed by atoms with van der Waals surface area (Å²) in [4.78, 5) is 21.5. The highest BCUT2D eigenvalue weighted by Gasteiger charge is 2.28. The van der Waals surface area contributed by atoms with Gasteiger partial charge in [-0.05, 0) is 31.4 Å². The minimum absolute atomic E-state index is 0.165. The zero-order valence-electron chi connectivity index (χ0n) is 16.2. The molecule has 4 rings (SSSR count). The van der Waals surface area contributed by atoms with E-state index < -0.39 is 0 Å². The van der Waals surface area contributed by atoms with E-state index in [1.807, 2.05) is 20.8 Å². The molecule has 0 unspecified atom stereocenters. The lowest BCUT2D eigenvalue weighted by molar-refractivity contribution is 0.102. The van der Waals surface area contributed by atoms with E-state index in [9.17, 15) is 9.18 Å². The number of benzene rings is 1. The molecule has 144 valence electrons. The Morgan fingerprint density at radius 1 is 1.14 bits per heavy atom. The maximum atomic E-state index is 14.3. The third kappa shape index (κ3) is 3.28. The topological polar surface area (TPSA) is 72.7 Å². The van der Waals surface area contributed by atoms with Gasteiger partial charge < -0.3 is 5.32 Å². The van der Waals surface area contributed by atoms with E-state index in [0.29, 0.717) is 22.9 Å². The number of hydrogen-bond donors (Lipinski definition) is 1. The SMILES string of the molecule is CC(C)(C)c1ncc(NC(=O)c2nn(-c3ccccc3F)c3c2CCC3)cn1. The molecule has 28 heavy (non-hydrogen) atoms. The largest absolute Gasteiger partial charge is 0.318 e. The number of anilines is 1. The van der Waals surface area contributed by atoms with Crippen LogP contribution in [0.5, 0.6) is 0 Å². The van der Waals surface area contributed by atoms with Gasteiger partial charge in [0.1, 0.15) is 17.3 Å². The Balaban J connectivity index is 1.64. The smallest absolute Gasteiger partial charge is 0.276 e. The molecular formula is C21H22FN5O. The zero-order valence-corrected chi connectivity index (χ0v) is 16.2. The summed E-state index contributed by atoms with van der Waals surface area (Å²) >= 11 is 0. The Labute approximate surface area is 162 Å². The van der Waals surface area contributed by atoms with Crippen LogP contribution in [-0.2, 0) is 18.3 Å². The van der Waals surface area contributed by atoms with Gasteiger partial charge in [-0.15, -0.1) is 0 Å². The molecule has 2 aromatic heterocycles. The Hall–Kier alpha value is -3.09. The number of rotatable bonds is 3. The summed E-state index contributed by atoms with van der Waals surface area (Å²) in [5, 5.41) is 7.25. The fourth-order valence-corrected chi connectivity index (χ4v) is 3.41. The van der Waals surface area contributed by atoms with Crippen molar-refractivity contribution < 1.29 is 9.18 Å². The predicted molar refractivity (Wildman–Crippen MR) is 104 cm³/mol. The van der Waals surface area contributed by atoms with Gasteiger partial charge in [0.25, 0.3) is 5.91 Å². The van der Waals surface area contributed by atoms with Crippen LogP contribution in [0.3, 0.4) is 0 Å². The molecule has 0 fully saturated rings. The molecule has 0 aliphatic heterocycles. The average Bonchev–Trinajstić information content (AvgIpc) is 3.24. The molecule has 1 amide bonds. The maximum Gasteiger partial charge on any atom is 0.276 e. The minimum Gasteiger partial charge on any atom is -0.318 e. The van der Waals surface area contributed by atoms with Gasteiger partial charge in [-0.25, -0.2) is 19.0 Å². The second-order valence-corrected chi connectivity index (χ2v) is 7.99. The summed E-state index contributed by atoms with van der Waals surface area (Å²) in [6.45, 7) is 6.08. The molecule has 0 atom stereocenters. The molecule has 0 radical (unpaired) electrons. The van der Waals surface area contributed by atoms with Crippen LogP contribution < -0.4 is 5.32 Å². The summed E-state index contributed by atoms with van der Waals surface area (Å²) in [7, 11) is 0. The van der Waals surface area contributed by atoms with E-state index in [4.69, 9.17) is 0 Å². The highest BCUT2D eigenvalue weighted by molar-refractivity contribution is 6.04. The lowest BCUT2D eigenvalue weighted by Gasteiger charge is -2.16. The molecule has 6 nitrogen and oxygen atoms in total. The van der Waals surface area contributed by atoms with E-state index in [-0.39, 0.29) is 17.1 Å². The van der Waals surface area contributed by atoms with Crippen LogP contribution in [-0.4, -0.2) is 25.7 Å². The molecule has 7 heteroatoms. The summed E-state index contributed by atoms with van der Waals surface area (Å²) in [5.41, 5.74) is 2.81. The van der Waals surface area contributed by atoms with Crippen molar-refractivity contribution in [2.45, 2.75) is 45.4 Å². The molecule has 1 aliphatic rings. The average molecular weight is 379 g/mol. The maximum absolute atomic E-state index is 14.3. The van der Waals surface area contributed by atoms with Crippen LogP contribution >= 0.6 is 0 Å². The van der Waals surface area contributed by atoms with Gasteiger partial charge >= 0.3 is 0 Å². The van der Waals surface area contributed by atoms with Crippen molar-refractivity contribution in [3.05, 3.63) is 65.3 Å². The number of aromatic nitrogens is 4. The van der Waals surface area contributed by atoms with Crippen LogP contribution in [0.25, 0.3) is 5.69 Å². The van der Waals surface area contributed by atoms with Crippen molar-refractivity contribution in [2.24, 2.45) is 0 Å². The first-order chi connectivity index (χ1) is 13.3. The predicted octanol–water partition coefficient (Wildman–Crippen LogP) is 3.84. The summed E-state index contributed by atoms with van der Waals surface area (Å²) < 4.78 is 15.8. The van der Waals surface area contributed by atoms with E-state index in [1.165, 1.54) is 6.07 Å². The summed E-state index contributed by atoms with van der Waals surface area (Å²) in [5.74, 6) is 0.00777. The van der Waals surface area contributed by atoms with Crippen molar-refractivity contribution in [1.29, 1.82) is 0 Å². The van der Waals surface area contributed by atoms with Gasteiger partial charge in [-0.1, -0.05) is 32.9 Å². The van der Waals surface area contributed by atoms with Gasteiger partial charge in [-0.2, -0.15) is 5.10 Å². The molecule has 0 bridgehead atoms. The number of halogens is 1. The summed E-state index contributed by atoms with van der Waals surface area (Å²) in [6.07, 6.45) is 5.64. The van der Waals surface area contributed by atoms with Crippen LogP contribution in [0.15, 0.2) is 36.7 Å². The highest BCUT2D eigenvalue weighted by Crippen LogP contribution is 2.29. The van der Waals surface area contributed by atoms with E-state index in [1.54, 1.807) is 35.3 Å². The first-order valence-electron chi connectivity index (χ1n) is 9.34. The molecule has 0 saturated heterocycles. The molecular weight excluding hydrogens is 357 g/mol. The Bertz CT molecular complexity index is 1030. The number of nitrogens with zero attached hydrogens (tertiary/aromatic N) is 4. The van der Waals surface area contributed by atoms with Gasteiger partial charge in [0, 0.05) is 16.7 Å². The molecule has 1 aliphatic carbocycles. The second kappa shape index (κ2) is 6.82. The van der Waals surface area contributed by atoms with Crippen molar-refractivity contribution in [1.82, 2.24) is 19.7 Å². The standard InChI is InChI=1S/C21H22FN5O/c1-21(2,3)20-23-11-13(12-24-20)25-19(28)18-14-7-6-10-16(14)27(26-18)17-9-5-4-8-15(17)22/h4-5,8-9,11-12H,6-7,10H2,1-3H3,(H,25,28). The Morgan fingerprint density at radius 2 is 1.86 bits per heavy atom. The number of amides is 1. The number of fused-ring (bicyclic) bond motifs is 1. The normalized spacial score (nSPS) is 13.4. The summed E-state index contributed by atoms with van der Waals surface area (Å²) in [6, 6.07) is 6.46.